The van der Waals surface area contributed by atoms with Gasteiger partial charge in [0.15, 0.2) is 11.5 Å². The summed E-state index contributed by atoms with van der Waals surface area (Å²) in [5.74, 6) is 0.881. The summed E-state index contributed by atoms with van der Waals surface area (Å²) in [5.41, 5.74) is 1.77. The molecule has 0 aliphatic heterocycles. The number of anilines is 1. The number of hydrogen-bond acceptors (Lipinski definition) is 6. The van der Waals surface area contributed by atoms with Gasteiger partial charge in [0.25, 0.3) is 5.56 Å². The summed E-state index contributed by atoms with van der Waals surface area (Å²) in [6, 6.07) is 13.4. The number of nitrogens with one attached hydrogen (secondary N) is 1. The van der Waals surface area contributed by atoms with E-state index in [0.717, 1.165) is 5.56 Å². The molecule has 1 aromatic heterocycles. The predicted octanol–water partition coefficient (Wildman–Crippen LogP) is 4.33. The van der Waals surface area contributed by atoms with E-state index in [1.54, 1.807) is 50.4 Å². The van der Waals surface area contributed by atoms with Crippen LogP contribution < -0.4 is 20.3 Å². The normalized spacial score (nSPS) is 11.6. The molecule has 162 valence electrons. The molecule has 0 unspecified atom stereocenters. The predicted molar refractivity (Wildman–Crippen MR) is 123 cm³/mol. The SMILES string of the molecule is COc1ccc(NC(=O)[C@@H](C)Sc2ccc(=O)n(-c3ccc(C)c(Cl)c3)n2)cc1OC. The van der Waals surface area contributed by atoms with Gasteiger partial charge in [0.1, 0.15) is 5.03 Å². The van der Waals surface area contributed by atoms with E-state index in [4.69, 9.17) is 21.1 Å². The molecule has 1 amide bonds. The van der Waals surface area contributed by atoms with Crippen molar-refractivity contribution in [1.29, 1.82) is 0 Å². The number of rotatable bonds is 7. The Morgan fingerprint density at radius 1 is 1.10 bits per heavy atom. The van der Waals surface area contributed by atoms with Gasteiger partial charge < -0.3 is 14.8 Å². The molecule has 0 aliphatic rings. The molecule has 0 bridgehead atoms. The molecule has 3 rings (SSSR count). The van der Waals surface area contributed by atoms with Crippen LogP contribution in [-0.4, -0.2) is 35.2 Å². The Hall–Kier alpha value is -2.97. The van der Waals surface area contributed by atoms with Crippen LogP contribution >= 0.6 is 23.4 Å². The molecule has 0 aliphatic carbocycles. The first-order valence-corrected chi connectivity index (χ1v) is 10.6. The largest absolute Gasteiger partial charge is 0.493 e. The number of ether oxygens (including phenoxy) is 2. The van der Waals surface area contributed by atoms with E-state index in [0.29, 0.717) is 32.9 Å². The van der Waals surface area contributed by atoms with Crippen molar-refractivity contribution in [3.05, 3.63) is 69.5 Å². The number of halogens is 1. The minimum Gasteiger partial charge on any atom is -0.493 e. The second-order valence-electron chi connectivity index (χ2n) is 6.67. The second-order valence-corrected chi connectivity index (χ2v) is 8.44. The highest BCUT2D eigenvalue weighted by molar-refractivity contribution is 8.00. The van der Waals surface area contributed by atoms with Crippen molar-refractivity contribution in [3.8, 4) is 17.2 Å². The monoisotopic (exact) mass is 459 g/mol. The van der Waals surface area contributed by atoms with E-state index in [1.807, 2.05) is 13.0 Å². The number of thioether (sulfide) groups is 1. The van der Waals surface area contributed by atoms with Crippen LogP contribution in [-0.2, 0) is 4.79 Å². The molecule has 9 heteroatoms. The van der Waals surface area contributed by atoms with Crippen LogP contribution in [0.5, 0.6) is 11.5 Å². The molecule has 0 fully saturated rings. The van der Waals surface area contributed by atoms with Gasteiger partial charge in [-0.2, -0.15) is 9.78 Å². The van der Waals surface area contributed by atoms with E-state index in [1.165, 1.54) is 29.6 Å². The van der Waals surface area contributed by atoms with Crippen molar-refractivity contribution >= 4 is 35.0 Å². The fourth-order valence-corrected chi connectivity index (χ4v) is 3.73. The van der Waals surface area contributed by atoms with Gasteiger partial charge in [0, 0.05) is 22.8 Å². The molecule has 1 N–H and O–H groups in total. The molecule has 31 heavy (non-hydrogen) atoms. The zero-order valence-corrected chi connectivity index (χ0v) is 19.1. The maximum atomic E-state index is 12.7. The van der Waals surface area contributed by atoms with Gasteiger partial charge in [-0.05, 0) is 49.7 Å². The van der Waals surface area contributed by atoms with E-state index in [-0.39, 0.29) is 11.5 Å². The number of benzene rings is 2. The maximum Gasteiger partial charge on any atom is 0.271 e. The molecule has 1 atom stereocenters. The number of hydrogen-bond donors (Lipinski definition) is 1. The van der Waals surface area contributed by atoms with Crippen LogP contribution in [0.1, 0.15) is 12.5 Å². The Bertz CT molecular complexity index is 1170. The van der Waals surface area contributed by atoms with Gasteiger partial charge in [-0.3, -0.25) is 9.59 Å². The van der Waals surface area contributed by atoms with Crippen LogP contribution in [0.2, 0.25) is 5.02 Å². The van der Waals surface area contributed by atoms with Crippen LogP contribution in [0.4, 0.5) is 5.69 Å². The molecule has 0 spiro atoms. The molecule has 3 aromatic rings. The van der Waals surface area contributed by atoms with Gasteiger partial charge >= 0.3 is 0 Å². The van der Waals surface area contributed by atoms with E-state index in [2.05, 4.69) is 10.4 Å². The Morgan fingerprint density at radius 3 is 2.52 bits per heavy atom. The number of methoxy groups -OCH3 is 2. The van der Waals surface area contributed by atoms with Crippen LogP contribution in [0.25, 0.3) is 5.69 Å². The average Bonchev–Trinajstić information content (AvgIpc) is 2.76. The van der Waals surface area contributed by atoms with Crippen molar-refractivity contribution in [2.45, 2.75) is 24.1 Å². The highest BCUT2D eigenvalue weighted by atomic mass is 35.5. The number of aryl methyl sites for hydroxylation is 1. The van der Waals surface area contributed by atoms with Crippen LogP contribution in [0.3, 0.4) is 0 Å². The highest BCUT2D eigenvalue weighted by Crippen LogP contribution is 2.30. The Labute approximate surface area is 189 Å². The second kappa shape index (κ2) is 9.89. The first-order valence-electron chi connectivity index (χ1n) is 9.39. The Morgan fingerprint density at radius 2 is 1.84 bits per heavy atom. The quantitative estimate of drug-likeness (QED) is 0.529. The summed E-state index contributed by atoms with van der Waals surface area (Å²) in [6.45, 7) is 3.65. The lowest BCUT2D eigenvalue weighted by molar-refractivity contribution is -0.115. The van der Waals surface area contributed by atoms with Crippen molar-refractivity contribution in [3.63, 3.8) is 0 Å². The first-order chi connectivity index (χ1) is 14.8. The first kappa shape index (κ1) is 22.7. The van der Waals surface area contributed by atoms with E-state index >= 15 is 0 Å². The average molecular weight is 460 g/mol. The fraction of sp³-hybridized carbons (Fsp3) is 0.227. The van der Waals surface area contributed by atoms with Crippen molar-refractivity contribution in [2.75, 3.05) is 19.5 Å². The van der Waals surface area contributed by atoms with Crippen LogP contribution in [0, 0.1) is 6.92 Å². The Kier molecular flexibility index (Phi) is 7.25. The van der Waals surface area contributed by atoms with Crippen molar-refractivity contribution in [2.24, 2.45) is 0 Å². The molecule has 0 radical (unpaired) electrons. The third-order valence-corrected chi connectivity index (χ3v) is 5.93. The molecule has 7 nitrogen and oxygen atoms in total. The number of nitrogens with zero attached hydrogens (tertiary/aromatic N) is 2. The zero-order valence-electron chi connectivity index (χ0n) is 17.5. The minimum atomic E-state index is -0.465. The standard InChI is InChI=1S/C22H22ClN3O4S/c1-13-5-7-16(12-17(13)23)26-21(27)10-9-20(25-26)31-14(2)22(28)24-15-6-8-18(29-3)19(11-15)30-4/h5-12,14H,1-4H3,(H,24,28)/t14-/m1/s1. The van der Waals surface area contributed by atoms with Gasteiger partial charge in [0.05, 0.1) is 25.2 Å². The van der Waals surface area contributed by atoms with Crippen LogP contribution in [0.15, 0.2) is 58.4 Å². The summed E-state index contributed by atoms with van der Waals surface area (Å²) in [6.07, 6.45) is 0. The van der Waals surface area contributed by atoms with Gasteiger partial charge in [-0.25, -0.2) is 0 Å². The summed E-state index contributed by atoms with van der Waals surface area (Å²) >= 11 is 7.42. The lowest BCUT2D eigenvalue weighted by Gasteiger charge is -2.14. The number of amides is 1. The molecule has 2 aromatic carbocycles. The molecular formula is C22H22ClN3O4S. The molecular weight excluding hydrogens is 438 g/mol. The topological polar surface area (TPSA) is 82.5 Å². The lowest BCUT2D eigenvalue weighted by Crippen LogP contribution is -2.24. The molecule has 1 heterocycles. The van der Waals surface area contributed by atoms with E-state index in [9.17, 15) is 9.59 Å². The van der Waals surface area contributed by atoms with Crippen molar-refractivity contribution in [1.82, 2.24) is 9.78 Å². The minimum absolute atomic E-state index is 0.213. The number of carbonyl (C=O) groups is 1. The summed E-state index contributed by atoms with van der Waals surface area (Å²) in [7, 11) is 3.08. The third-order valence-electron chi connectivity index (χ3n) is 4.49. The maximum absolute atomic E-state index is 12.7. The molecule has 0 saturated carbocycles. The third kappa shape index (κ3) is 5.39. The summed E-state index contributed by atoms with van der Waals surface area (Å²) in [4.78, 5) is 24.9. The lowest BCUT2D eigenvalue weighted by atomic mass is 10.2. The van der Waals surface area contributed by atoms with Gasteiger partial charge in [0.2, 0.25) is 5.91 Å². The smallest absolute Gasteiger partial charge is 0.271 e. The number of carbonyl (C=O) groups excluding carboxylic acids is 1. The molecule has 0 saturated heterocycles. The zero-order chi connectivity index (χ0) is 22.5. The summed E-state index contributed by atoms with van der Waals surface area (Å²) < 4.78 is 11.7. The summed E-state index contributed by atoms with van der Waals surface area (Å²) in [5, 5.41) is 7.85. The highest BCUT2D eigenvalue weighted by Gasteiger charge is 2.17. The van der Waals surface area contributed by atoms with E-state index < -0.39 is 5.25 Å². The Balaban J connectivity index is 1.75. The number of aromatic nitrogens is 2. The van der Waals surface area contributed by atoms with Gasteiger partial charge in [-0.15, -0.1) is 0 Å². The fourth-order valence-electron chi connectivity index (χ4n) is 2.75. The van der Waals surface area contributed by atoms with Crippen molar-refractivity contribution < 1.29 is 14.3 Å². The van der Waals surface area contributed by atoms with Gasteiger partial charge in [-0.1, -0.05) is 29.4 Å².